The van der Waals surface area contributed by atoms with Crippen LogP contribution >= 0.6 is 0 Å². The summed E-state index contributed by atoms with van der Waals surface area (Å²) < 4.78 is 18.8. The third-order valence-electron chi connectivity index (χ3n) is 2.99. The Bertz CT molecular complexity index is 383. The number of hydrogen-bond acceptors (Lipinski definition) is 2. The molecule has 2 rings (SSSR count). The van der Waals surface area contributed by atoms with Crippen LogP contribution in [-0.4, -0.2) is 12.2 Å². The minimum atomic E-state index is -0.805. The SMILES string of the molecule is CCc1c(F)cc(C2(O)CC2)cc1OC. The van der Waals surface area contributed by atoms with E-state index >= 15 is 0 Å². The van der Waals surface area contributed by atoms with E-state index in [9.17, 15) is 9.50 Å². The highest BCUT2D eigenvalue weighted by molar-refractivity contribution is 5.42. The third kappa shape index (κ3) is 1.72. The van der Waals surface area contributed by atoms with Gasteiger partial charge < -0.3 is 9.84 Å². The molecule has 0 aromatic heterocycles. The number of ether oxygens (including phenoxy) is 1. The summed E-state index contributed by atoms with van der Waals surface area (Å²) >= 11 is 0. The van der Waals surface area contributed by atoms with Gasteiger partial charge in [0.05, 0.1) is 12.7 Å². The Morgan fingerprint density at radius 2 is 2.13 bits per heavy atom. The van der Waals surface area contributed by atoms with E-state index in [1.54, 1.807) is 6.07 Å². The molecule has 1 aromatic carbocycles. The number of halogens is 1. The van der Waals surface area contributed by atoms with Gasteiger partial charge in [-0.1, -0.05) is 6.92 Å². The quantitative estimate of drug-likeness (QED) is 0.830. The summed E-state index contributed by atoms with van der Waals surface area (Å²) in [6, 6.07) is 3.17. The van der Waals surface area contributed by atoms with Gasteiger partial charge in [-0.15, -0.1) is 0 Å². The first-order valence-corrected chi connectivity index (χ1v) is 5.20. The van der Waals surface area contributed by atoms with Gasteiger partial charge in [0.2, 0.25) is 0 Å². The predicted molar refractivity (Wildman–Crippen MR) is 55.5 cm³/mol. The second kappa shape index (κ2) is 3.49. The van der Waals surface area contributed by atoms with Crippen molar-refractivity contribution in [3.8, 4) is 5.75 Å². The zero-order valence-corrected chi connectivity index (χ0v) is 9.01. The molecule has 3 heteroatoms. The van der Waals surface area contributed by atoms with E-state index in [4.69, 9.17) is 4.74 Å². The molecule has 1 saturated carbocycles. The lowest BCUT2D eigenvalue weighted by atomic mass is 10.0. The summed E-state index contributed by atoms with van der Waals surface area (Å²) in [6.45, 7) is 1.88. The van der Waals surface area contributed by atoms with E-state index in [-0.39, 0.29) is 5.82 Å². The molecular weight excluding hydrogens is 195 g/mol. The first kappa shape index (κ1) is 10.4. The molecule has 0 saturated heterocycles. The van der Waals surface area contributed by atoms with Crippen LogP contribution in [0.5, 0.6) is 5.75 Å². The lowest BCUT2D eigenvalue weighted by molar-refractivity contribution is 0.150. The van der Waals surface area contributed by atoms with Crippen LogP contribution in [0.2, 0.25) is 0 Å². The van der Waals surface area contributed by atoms with Gasteiger partial charge in [-0.2, -0.15) is 0 Å². The van der Waals surface area contributed by atoms with Crippen molar-refractivity contribution in [1.82, 2.24) is 0 Å². The average molecular weight is 210 g/mol. The van der Waals surface area contributed by atoms with Crippen molar-refractivity contribution < 1.29 is 14.2 Å². The molecule has 1 aliphatic rings. The van der Waals surface area contributed by atoms with Crippen molar-refractivity contribution in [2.45, 2.75) is 31.8 Å². The van der Waals surface area contributed by atoms with Gasteiger partial charge in [0.25, 0.3) is 0 Å². The predicted octanol–water partition coefficient (Wildman–Crippen LogP) is 2.38. The van der Waals surface area contributed by atoms with Crippen LogP contribution in [0.4, 0.5) is 4.39 Å². The zero-order chi connectivity index (χ0) is 11.1. The Balaban J connectivity index is 2.48. The fourth-order valence-electron chi connectivity index (χ4n) is 1.81. The summed E-state index contributed by atoms with van der Waals surface area (Å²) in [5, 5.41) is 9.89. The second-order valence-corrected chi connectivity index (χ2v) is 4.02. The van der Waals surface area contributed by atoms with E-state index in [0.717, 1.165) is 0 Å². The van der Waals surface area contributed by atoms with Crippen molar-refractivity contribution in [3.05, 3.63) is 29.1 Å². The first-order chi connectivity index (χ1) is 7.10. The molecule has 0 spiro atoms. The van der Waals surface area contributed by atoms with E-state index in [1.807, 2.05) is 6.92 Å². The van der Waals surface area contributed by atoms with Crippen molar-refractivity contribution in [2.24, 2.45) is 0 Å². The van der Waals surface area contributed by atoms with E-state index in [1.165, 1.54) is 13.2 Å². The van der Waals surface area contributed by atoms with Crippen LogP contribution in [0.15, 0.2) is 12.1 Å². The zero-order valence-electron chi connectivity index (χ0n) is 9.01. The standard InChI is InChI=1S/C12H15FO2/c1-3-9-10(13)6-8(7-11(9)15-2)12(14)4-5-12/h6-7,14H,3-5H2,1-2H3. The summed E-state index contributed by atoms with van der Waals surface area (Å²) in [7, 11) is 1.52. The molecule has 0 amide bonds. The highest BCUT2D eigenvalue weighted by Crippen LogP contribution is 2.46. The minimum absolute atomic E-state index is 0.285. The highest BCUT2D eigenvalue weighted by Gasteiger charge is 2.42. The summed E-state index contributed by atoms with van der Waals surface area (Å²) in [6.07, 6.45) is 2.01. The summed E-state index contributed by atoms with van der Waals surface area (Å²) in [4.78, 5) is 0. The highest BCUT2D eigenvalue weighted by atomic mass is 19.1. The van der Waals surface area contributed by atoms with Crippen LogP contribution < -0.4 is 4.74 Å². The van der Waals surface area contributed by atoms with Crippen LogP contribution in [0.25, 0.3) is 0 Å². The van der Waals surface area contributed by atoms with Gasteiger partial charge in [-0.25, -0.2) is 4.39 Å². The molecule has 0 unspecified atom stereocenters. The van der Waals surface area contributed by atoms with Gasteiger partial charge >= 0.3 is 0 Å². The fraction of sp³-hybridized carbons (Fsp3) is 0.500. The van der Waals surface area contributed by atoms with Gasteiger partial charge in [-0.05, 0) is 37.0 Å². The van der Waals surface area contributed by atoms with E-state index < -0.39 is 5.60 Å². The van der Waals surface area contributed by atoms with Gasteiger partial charge in [0, 0.05) is 5.56 Å². The summed E-state index contributed by atoms with van der Waals surface area (Å²) in [5.74, 6) is 0.250. The van der Waals surface area contributed by atoms with E-state index in [0.29, 0.717) is 36.1 Å². The number of hydrogen-bond donors (Lipinski definition) is 1. The Hall–Kier alpha value is -1.09. The summed E-state index contributed by atoms with van der Waals surface area (Å²) in [5.41, 5.74) is 0.403. The third-order valence-corrected chi connectivity index (χ3v) is 2.99. The first-order valence-electron chi connectivity index (χ1n) is 5.20. The Labute approximate surface area is 88.7 Å². The molecule has 82 valence electrons. The molecule has 2 nitrogen and oxygen atoms in total. The van der Waals surface area contributed by atoms with Gasteiger partial charge in [-0.3, -0.25) is 0 Å². The van der Waals surface area contributed by atoms with Crippen LogP contribution in [0.3, 0.4) is 0 Å². The van der Waals surface area contributed by atoms with Crippen molar-refractivity contribution in [3.63, 3.8) is 0 Å². The minimum Gasteiger partial charge on any atom is -0.496 e. The molecular formula is C12H15FO2. The lowest BCUT2D eigenvalue weighted by Crippen LogP contribution is -2.07. The van der Waals surface area contributed by atoms with E-state index in [2.05, 4.69) is 0 Å². The maximum absolute atomic E-state index is 13.7. The largest absolute Gasteiger partial charge is 0.496 e. The average Bonchev–Trinajstić information content (AvgIpc) is 2.96. The smallest absolute Gasteiger partial charge is 0.130 e. The molecule has 0 heterocycles. The van der Waals surface area contributed by atoms with Gasteiger partial charge in [0.15, 0.2) is 0 Å². The topological polar surface area (TPSA) is 29.5 Å². The maximum atomic E-state index is 13.7. The molecule has 0 radical (unpaired) electrons. The van der Waals surface area contributed by atoms with Crippen LogP contribution in [-0.2, 0) is 12.0 Å². The van der Waals surface area contributed by atoms with Crippen molar-refractivity contribution >= 4 is 0 Å². The molecule has 15 heavy (non-hydrogen) atoms. The molecule has 0 atom stereocenters. The van der Waals surface area contributed by atoms with Crippen LogP contribution in [0.1, 0.15) is 30.9 Å². The Kier molecular flexibility index (Phi) is 2.43. The Morgan fingerprint density at radius 3 is 2.60 bits per heavy atom. The fourth-order valence-corrected chi connectivity index (χ4v) is 1.81. The molecule has 1 aliphatic carbocycles. The molecule has 0 bridgehead atoms. The molecule has 1 aromatic rings. The van der Waals surface area contributed by atoms with Crippen molar-refractivity contribution in [1.29, 1.82) is 0 Å². The second-order valence-electron chi connectivity index (χ2n) is 4.02. The normalized spacial score (nSPS) is 17.6. The number of benzene rings is 1. The molecule has 0 aliphatic heterocycles. The van der Waals surface area contributed by atoms with Crippen LogP contribution in [0, 0.1) is 5.82 Å². The number of rotatable bonds is 3. The number of aliphatic hydroxyl groups is 1. The molecule has 1 N–H and O–H groups in total. The van der Waals surface area contributed by atoms with Gasteiger partial charge in [0.1, 0.15) is 11.6 Å². The lowest BCUT2D eigenvalue weighted by Gasteiger charge is -2.13. The maximum Gasteiger partial charge on any atom is 0.130 e. The van der Waals surface area contributed by atoms with Crippen molar-refractivity contribution in [2.75, 3.05) is 7.11 Å². The monoisotopic (exact) mass is 210 g/mol. The Morgan fingerprint density at radius 1 is 1.47 bits per heavy atom. The molecule has 1 fully saturated rings. The number of methoxy groups -OCH3 is 1.